The van der Waals surface area contributed by atoms with Crippen LogP contribution in [-0.4, -0.2) is 5.78 Å². The average molecular weight is 326 g/mol. The van der Waals surface area contributed by atoms with Crippen LogP contribution in [0.25, 0.3) is 0 Å². The van der Waals surface area contributed by atoms with E-state index in [1.165, 1.54) is 12.1 Å². The van der Waals surface area contributed by atoms with Gasteiger partial charge in [-0.1, -0.05) is 30.3 Å². The summed E-state index contributed by atoms with van der Waals surface area (Å²) in [5, 5.41) is 0. The van der Waals surface area contributed by atoms with Crippen molar-refractivity contribution in [2.45, 2.75) is 0 Å². The van der Waals surface area contributed by atoms with E-state index < -0.39 is 0 Å². The van der Waals surface area contributed by atoms with Gasteiger partial charge in [-0.25, -0.2) is 4.39 Å². The van der Waals surface area contributed by atoms with E-state index in [-0.39, 0.29) is 11.6 Å². The second-order valence-electron chi connectivity index (χ2n) is 3.32. The molecule has 0 unspecified atom stereocenters. The molecule has 0 aliphatic heterocycles. The highest BCUT2D eigenvalue weighted by molar-refractivity contribution is 14.1. The van der Waals surface area contributed by atoms with E-state index in [1.54, 1.807) is 30.3 Å². The van der Waals surface area contributed by atoms with Crippen molar-refractivity contribution < 1.29 is 9.18 Å². The van der Waals surface area contributed by atoms with Crippen molar-refractivity contribution in [1.29, 1.82) is 0 Å². The molecule has 2 aromatic carbocycles. The molecule has 0 saturated heterocycles. The van der Waals surface area contributed by atoms with Crippen LogP contribution in [0.4, 0.5) is 4.39 Å². The molecule has 1 nitrogen and oxygen atoms in total. The maximum absolute atomic E-state index is 13.1. The van der Waals surface area contributed by atoms with Crippen molar-refractivity contribution in [3.8, 4) is 0 Å². The van der Waals surface area contributed by atoms with Crippen LogP contribution >= 0.6 is 22.6 Å². The van der Waals surface area contributed by atoms with Crippen molar-refractivity contribution >= 4 is 28.4 Å². The lowest BCUT2D eigenvalue weighted by atomic mass is 10.0. The van der Waals surface area contributed by atoms with E-state index in [9.17, 15) is 9.18 Å². The number of halogens is 2. The fraction of sp³-hybridized carbons (Fsp3) is 0. The third-order valence-corrected chi connectivity index (χ3v) is 3.15. The molecule has 16 heavy (non-hydrogen) atoms. The zero-order valence-electron chi connectivity index (χ0n) is 8.28. The van der Waals surface area contributed by atoms with Gasteiger partial charge in [0.05, 0.1) is 0 Å². The summed E-state index contributed by atoms with van der Waals surface area (Å²) < 4.78 is 13.8. The lowest BCUT2D eigenvalue weighted by Gasteiger charge is -2.03. The van der Waals surface area contributed by atoms with Crippen LogP contribution in [0.15, 0.2) is 48.5 Å². The topological polar surface area (TPSA) is 17.1 Å². The summed E-state index contributed by atoms with van der Waals surface area (Å²) >= 11 is 2.03. The molecule has 0 aromatic heterocycles. The maximum atomic E-state index is 13.1. The van der Waals surface area contributed by atoms with Gasteiger partial charge in [-0.2, -0.15) is 0 Å². The van der Waals surface area contributed by atoms with Gasteiger partial charge in [0.1, 0.15) is 5.82 Å². The first-order valence-electron chi connectivity index (χ1n) is 4.73. The molecule has 0 radical (unpaired) electrons. The normalized spacial score (nSPS) is 10.1. The average Bonchev–Trinajstić information content (AvgIpc) is 2.32. The summed E-state index contributed by atoms with van der Waals surface area (Å²) in [4.78, 5) is 12.0. The van der Waals surface area contributed by atoms with Gasteiger partial charge in [0, 0.05) is 14.7 Å². The SMILES string of the molecule is O=C(c1ccccc1)c1cc(F)ccc1I. The summed E-state index contributed by atoms with van der Waals surface area (Å²) in [6.45, 7) is 0. The van der Waals surface area contributed by atoms with Crippen LogP contribution in [0.3, 0.4) is 0 Å². The molecule has 0 heterocycles. The van der Waals surface area contributed by atoms with Crippen molar-refractivity contribution in [1.82, 2.24) is 0 Å². The third kappa shape index (κ3) is 2.29. The highest BCUT2D eigenvalue weighted by atomic mass is 127. The first-order valence-corrected chi connectivity index (χ1v) is 5.81. The number of ketones is 1. The number of hydrogen-bond acceptors (Lipinski definition) is 1. The van der Waals surface area contributed by atoms with Crippen LogP contribution in [0.5, 0.6) is 0 Å². The monoisotopic (exact) mass is 326 g/mol. The Morgan fingerprint density at radius 3 is 2.44 bits per heavy atom. The van der Waals surface area contributed by atoms with Gasteiger partial charge in [0.25, 0.3) is 0 Å². The minimum atomic E-state index is -0.389. The molecule has 80 valence electrons. The molecule has 0 N–H and O–H groups in total. The van der Waals surface area contributed by atoms with Crippen LogP contribution in [0.1, 0.15) is 15.9 Å². The van der Waals surface area contributed by atoms with E-state index in [0.717, 1.165) is 3.57 Å². The number of hydrogen-bond donors (Lipinski definition) is 0. The number of carbonyl (C=O) groups excluding carboxylic acids is 1. The molecule has 3 heteroatoms. The second-order valence-corrected chi connectivity index (χ2v) is 4.48. The van der Waals surface area contributed by atoms with Crippen LogP contribution < -0.4 is 0 Å². The van der Waals surface area contributed by atoms with E-state index in [0.29, 0.717) is 11.1 Å². The highest BCUT2D eigenvalue weighted by Crippen LogP contribution is 2.17. The quantitative estimate of drug-likeness (QED) is 0.608. The highest BCUT2D eigenvalue weighted by Gasteiger charge is 2.12. The summed E-state index contributed by atoms with van der Waals surface area (Å²) in [6.07, 6.45) is 0. The molecule has 0 aliphatic rings. The van der Waals surface area contributed by atoms with Crippen LogP contribution in [0.2, 0.25) is 0 Å². The molecular formula is C13H8FIO. The Balaban J connectivity index is 2.46. The number of rotatable bonds is 2. The Kier molecular flexibility index (Phi) is 3.33. The standard InChI is InChI=1S/C13H8FIO/c14-10-6-7-12(15)11(8-10)13(16)9-4-2-1-3-5-9/h1-8H. The molecule has 2 rings (SSSR count). The van der Waals surface area contributed by atoms with E-state index in [2.05, 4.69) is 0 Å². The maximum Gasteiger partial charge on any atom is 0.194 e. The summed E-state index contributed by atoms with van der Waals surface area (Å²) in [7, 11) is 0. The molecular weight excluding hydrogens is 318 g/mol. The Bertz CT molecular complexity index is 523. The lowest BCUT2D eigenvalue weighted by molar-refractivity contribution is 0.103. The minimum Gasteiger partial charge on any atom is -0.289 e. The van der Waals surface area contributed by atoms with Crippen molar-refractivity contribution in [2.24, 2.45) is 0 Å². The van der Waals surface area contributed by atoms with Gasteiger partial charge in [-0.3, -0.25) is 4.79 Å². The van der Waals surface area contributed by atoms with Crippen LogP contribution in [0, 0.1) is 9.39 Å². The Morgan fingerprint density at radius 1 is 1.06 bits per heavy atom. The lowest BCUT2D eigenvalue weighted by Crippen LogP contribution is -2.03. The first kappa shape index (κ1) is 11.3. The predicted molar refractivity (Wildman–Crippen MR) is 69.0 cm³/mol. The molecule has 0 saturated carbocycles. The summed E-state index contributed by atoms with van der Waals surface area (Å²) in [5.74, 6) is -0.538. The smallest absolute Gasteiger partial charge is 0.194 e. The zero-order chi connectivity index (χ0) is 11.5. The molecule has 0 atom stereocenters. The summed E-state index contributed by atoms with van der Waals surface area (Å²) in [5.41, 5.74) is 0.984. The fourth-order valence-electron chi connectivity index (χ4n) is 1.42. The van der Waals surface area contributed by atoms with Crippen LogP contribution in [-0.2, 0) is 0 Å². The molecule has 0 aliphatic carbocycles. The number of benzene rings is 2. The van der Waals surface area contributed by atoms with Gasteiger partial charge in [0.2, 0.25) is 0 Å². The van der Waals surface area contributed by atoms with Crippen molar-refractivity contribution in [2.75, 3.05) is 0 Å². The molecule has 0 amide bonds. The van der Waals surface area contributed by atoms with Crippen molar-refractivity contribution in [3.63, 3.8) is 0 Å². The predicted octanol–water partition coefficient (Wildman–Crippen LogP) is 3.66. The van der Waals surface area contributed by atoms with Crippen molar-refractivity contribution in [3.05, 3.63) is 69.0 Å². The van der Waals surface area contributed by atoms with Gasteiger partial charge >= 0.3 is 0 Å². The van der Waals surface area contributed by atoms with Gasteiger partial charge < -0.3 is 0 Å². The minimum absolute atomic E-state index is 0.149. The Hall–Kier alpha value is -1.23. The van der Waals surface area contributed by atoms with E-state index in [1.807, 2.05) is 28.7 Å². The van der Waals surface area contributed by atoms with Gasteiger partial charge in [-0.05, 0) is 40.8 Å². The Morgan fingerprint density at radius 2 is 1.75 bits per heavy atom. The summed E-state index contributed by atoms with van der Waals surface area (Å²) in [6, 6.07) is 13.1. The number of carbonyl (C=O) groups is 1. The molecule has 2 aromatic rings. The zero-order valence-corrected chi connectivity index (χ0v) is 10.4. The van der Waals surface area contributed by atoms with E-state index >= 15 is 0 Å². The first-order chi connectivity index (χ1) is 7.68. The third-order valence-electron chi connectivity index (χ3n) is 2.21. The van der Waals surface area contributed by atoms with Gasteiger partial charge in [0.15, 0.2) is 5.78 Å². The molecule has 0 fully saturated rings. The fourth-order valence-corrected chi connectivity index (χ4v) is 2.00. The molecule has 0 bridgehead atoms. The largest absolute Gasteiger partial charge is 0.289 e. The second kappa shape index (κ2) is 4.74. The Labute approximate surface area is 106 Å². The van der Waals surface area contributed by atoms with Gasteiger partial charge in [-0.15, -0.1) is 0 Å². The molecule has 0 spiro atoms. The van der Waals surface area contributed by atoms with E-state index in [4.69, 9.17) is 0 Å².